The second-order valence-corrected chi connectivity index (χ2v) is 11.9. The summed E-state index contributed by atoms with van der Waals surface area (Å²) in [7, 11) is 0. The molecule has 2 unspecified atom stereocenters. The number of halogens is 3. The Kier molecular flexibility index (Phi) is 7.60. The van der Waals surface area contributed by atoms with Crippen LogP contribution in [-0.2, 0) is 10.9 Å². The molecular weight excluding hydrogens is 491 g/mol. The van der Waals surface area contributed by atoms with Crippen molar-refractivity contribution < 1.29 is 23.0 Å². The predicted molar refractivity (Wildman–Crippen MR) is 142 cm³/mol. The molecule has 5 nitrogen and oxygen atoms in total. The van der Waals surface area contributed by atoms with Gasteiger partial charge in [-0.2, -0.15) is 13.2 Å². The Balaban J connectivity index is 1.15. The van der Waals surface area contributed by atoms with Gasteiger partial charge in [-0.15, -0.1) is 0 Å². The average molecular weight is 532 g/mol. The highest BCUT2D eigenvalue weighted by atomic mass is 19.4. The van der Waals surface area contributed by atoms with Crippen LogP contribution in [0.1, 0.15) is 62.2 Å². The van der Waals surface area contributed by atoms with Crippen molar-refractivity contribution in [3.05, 3.63) is 53.6 Å². The second kappa shape index (κ2) is 11.0. The first-order valence-corrected chi connectivity index (χ1v) is 14.5. The Morgan fingerprint density at radius 2 is 1.87 bits per heavy atom. The normalized spacial score (nSPS) is 34.9. The number of allylic oxidation sites excluding steroid dienone is 3. The molecule has 0 bridgehead atoms. The van der Waals surface area contributed by atoms with E-state index in [0.29, 0.717) is 17.5 Å². The van der Waals surface area contributed by atoms with Crippen LogP contribution in [0, 0.1) is 11.8 Å². The van der Waals surface area contributed by atoms with Gasteiger partial charge in [0.05, 0.1) is 23.9 Å². The first-order chi connectivity index (χ1) is 18.3. The quantitative estimate of drug-likeness (QED) is 0.546. The van der Waals surface area contributed by atoms with Gasteiger partial charge in [0.2, 0.25) is 0 Å². The molecule has 0 radical (unpaired) electrons. The zero-order chi connectivity index (χ0) is 26.3. The minimum atomic E-state index is -4.37. The molecular formula is C30H40F3N3O2. The summed E-state index contributed by atoms with van der Waals surface area (Å²) >= 11 is 0. The van der Waals surface area contributed by atoms with Crippen LogP contribution in [0.5, 0.6) is 0 Å². The maximum atomic E-state index is 13.6. The molecule has 3 fully saturated rings. The molecule has 208 valence electrons. The Labute approximate surface area is 223 Å². The monoisotopic (exact) mass is 531 g/mol. The van der Waals surface area contributed by atoms with Gasteiger partial charge < -0.3 is 20.1 Å². The molecule has 3 saturated heterocycles. The van der Waals surface area contributed by atoms with Gasteiger partial charge in [-0.25, -0.2) is 0 Å². The van der Waals surface area contributed by atoms with Crippen LogP contribution in [0.2, 0.25) is 0 Å². The van der Waals surface area contributed by atoms with Crippen LogP contribution in [0.4, 0.5) is 18.9 Å². The van der Waals surface area contributed by atoms with E-state index in [1.807, 2.05) is 0 Å². The van der Waals surface area contributed by atoms with Gasteiger partial charge in [0.25, 0.3) is 0 Å². The summed E-state index contributed by atoms with van der Waals surface area (Å²) in [5, 5.41) is 13.7. The van der Waals surface area contributed by atoms with E-state index in [1.54, 1.807) is 6.07 Å². The lowest BCUT2D eigenvalue weighted by atomic mass is 9.73. The largest absolute Gasteiger partial charge is 0.416 e. The fraction of sp³-hybridized carbons (Fsp3) is 0.667. The summed E-state index contributed by atoms with van der Waals surface area (Å²) in [6.45, 7) is 4.71. The third-order valence-electron chi connectivity index (χ3n) is 9.46. The first kappa shape index (κ1) is 26.4. The Morgan fingerprint density at radius 1 is 1.03 bits per heavy atom. The van der Waals surface area contributed by atoms with E-state index in [-0.39, 0.29) is 30.3 Å². The number of anilines is 1. The number of nitrogens with zero attached hydrogens (tertiary/aromatic N) is 2. The number of aliphatic hydroxyl groups is 1. The van der Waals surface area contributed by atoms with Crippen molar-refractivity contribution in [3.8, 4) is 0 Å². The smallest absolute Gasteiger partial charge is 0.392 e. The van der Waals surface area contributed by atoms with Crippen molar-refractivity contribution >= 4 is 5.69 Å². The van der Waals surface area contributed by atoms with Gasteiger partial charge in [-0.3, -0.25) is 4.90 Å². The lowest BCUT2D eigenvalue weighted by Crippen LogP contribution is -2.52. The zero-order valence-corrected chi connectivity index (χ0v) is 22.0. The molecule has 0 saturated carbocycles. The molecule has 6 rings (SSSR count). The number of hydrogen-bond donors (Lipinski definition) is 2. The van der Waals surface area contributed by atoms with E-state index in [4.69, 9.17) is 4.74 Å². The maximum absolute atomic E-state index is 13.6. The van der Waals surface area contributed by atoms with Crippen molar-refractivity contribution in [2.45, 2.75) is 81.5 Å². The first-order valence-electron chi connectivity index (χ1n) is 14.5. The van der Waals surface area contributed by atoms with Gasteiger partial charge in [0, 0.05) is 48.3 Å². The van der Waals surface area contributed by atoms with Crippen LogP contribution < -0.4 is 5.32 Å². The summed E-state index contributed by atoms with van der Waals surface area (Å²) in [6.07, 6.45) is 10.6. The number of ether oxygens (including phenoxy) is 1. The van der Waals surface area contributed by atoms with E-state index in [0.717, 1.165) is 83.4 Å². The molecule has 0 amide bonds. The van der Waals surface area contributed by atoms with Gasteiger partial charge in [-0.1, -0.05) is 24.3 Å². The molecule has 4 heterocycles. The van der Waals surface area contributed by atoms with Gasteiger partial charge in [0.15, 0.2) is 0 Å². The summed E-state index contributed by atoms with van der Waals surface area (Å²) < 4.78 is 47.6. The van der Waals surface area contributed by atoms with E-state index >= 15 is 0 Å². The minimum absolute atomic E-state index is 0.0209. The van der Waals surface area contributed by atoms with E-state index in [2.05, 4.69) is 39.4 Å². The van der Waals surface area contributed by atoms with E-state index < -0.39 is 11.7 Å². The summed E-state index contributed by atoms with van der Waals surface area (Å²) in [4.78, 5) is 4.94. The highest BCUT2D eigenvalue weighted by Gasteiger charge is 2.45. The van der Waals surface area contributed by atoms with E-state index in [9.17, 15) is 18.3 Å². The fourth-order valence-corrected chi connectivity index (χ4v) is 7.47. The minimum Gasteiger partial charge on any atom is -0.392 e. The van der Waals surface area contributed by atoms with Crippen molar-refractivity contribution in [1.29, 1.82) is 0 Å². The fourth-order valence-electron chi connectivity index (χ4n) is 7.47. The third kappa shape index (κ3) is 5.55. The maximum Gasteiger partial charge on any atom is 0.416 e. The van der Waals surface area contributed by atoms with Crippen LogP contribution in [0.25, 0.3) is 0 Å². The summed E-state index contributed by atoms with van der Waals surface area (Å²) in [6, 6.07) is 4.77. The number of alkyl halides is 3. The molecule has 4 aliphatic heterocycles. The lowest BCUT2D eigenvalue weighted by molar-refractivity contribution is -0.138. The number of nitrogens with one attached hydrogen (secondary N) is 1. The summed E-state index contributed by atoms with van der Waals surface area (Å²) in [5.74, 6) is 0.440. The highest BCUT2D eigenvalue weighted by Crippen LogP contribution is 2.49. The molecule has 0 aromatic heterocycles. The number of piperidine rings is 2. The number of β-amino-alcohol motifs (C(OH)–C–C–N with tert-alkyl or cyclic N) is 1. The van der Waals surface area contributed by atoms with E-state index in [1.165, 1.54) is 12.1 Å². The molecule has 1 aromatic rings. The molecule has 0 spiro atoms. The van der Waals surface area contributed by atoms with Gasteiger partial charge >= 0.3 is 6.18 Å². The van der Waals surface area contributed by atoms with Crippen LogP contribution >= 0.6 is 0 Å². The number of likely N-dealkylation sites (tertiary alicyclic amines) is 2. The van der Waals surface area contributed by atoms with Gasteiger partial charge in [-0.05, 0) is 82.8 Å². The molecule has 2 N–H and O–H groups in total. The molecule has 8 heteroatoms. The Bertz CT molecular complexity index is 1040. The molecule has 1 aromatic carbocycles. The standard InChI is InChI=1S/C30H40F3N3O2/c31-30(32,33)21-8-11-27-26(17-21)29-25(28(34-27)20-5-2-1-3-6-20)10-9-24(38-29)19-35-15-12-22(13-16-35)36-14-4-7-23(37)18-36/h1-3,5,8,11,17,20,22-25,28-29,34,37H,4,6-7,9-10,12-16,18-19H2/t20?,23?,24-,25+,28+,29+/m1/s1. The third-order valence-corrected chi connectivity index (χ3v) is 9.46. The van der Waals surface area contributed by atoms with Gasteiger partial charge in [0.1, 0.15) is 0 Å². The number of aliphatic hydroxyl groups excluding tert-OH is 1. The number of rotatable bonds is 4. The number of fused-ring (bicyclic) bond motifs is 3. The van der Waals surface area contributed by atoms with Crippen molar-refractivity contribution in [1.82, 2.24) is 9.80 Å². The number of benzene rings is 1. The van der Waals surface area contributed by atoms with Crippen molar-refractivity contribution in [3.63, 3.8) is 0 Å². The van der Waals surface area contributed by atoms with Crippen molar-refractivity contribution in [2.24, 2.45) is 11.8 Å². The Hall–Kier alpha value is -1.87. The Morgan fingerprint density at radius 3 is 2.61 bits per heavy atom. The van der Waals surface area contributed by atoms with Crippen LogP contribution in [-0.4, -0.2) is 71.9 Å². The predicted octanol–water partition coefficient (Wildman–Crippen LogP) is 5.39. The average Bonchev–Trinajstić information content (AvgIpc) is 2.93. The topological polar surface area (TPSA) is 48.0 Å². The highest BCUT2D eigenvalue weighted by molar-refractivity contribution is 5.58. The zero-order valence-electron chi connectivity index (χ0n) is 22.0. The molecule has 38 heavy (non-hydrogen) atoms. The van der Waals surface area contributed by atoms with Crippen LogP contribution in [0.3, 0.4) is 0 Å². The summed E-state index contributed by atoms with van der Waals surface area (Å²) in [5.41, 5.74) is 0.826. The number of hydrogen-bond acceptors (Lipinski definition) is 5. The SMILES string of the molecule is OC1CCCN(C2CCN(C[C@H]3CC[C@@H]4[C@H](O3)c3cc(C(F)(F)F)ccc3N[C@H]4C3C=CC=CC3)CC2)C1. The molecule has 6 atom stereocenters. The van der Waals surface area contributed by atoms with Crippen molar-refractivity contribution in [2.75, 3.05) is 38.0 Å². The lowest BCUT2D eigenvalue weighted by Gasteiger charge is -2.48. The van der Waals surface area contributed by atoms with Crippen LogP contribution in [0.15, 0.2) is 42.5 Å². The molecule has 5 aliphatic rings. The molecule has 1 aliphatic carbocycles. The second-order valence-electron chi connectivity index (χ2n) is 11.9.